The van der Waals surface area contributed by atoms with E-state index in [1.807, 2.05) is 24.3 Å². The van der Waals surface area contributed by atoms with E-state index in [0.717, 1.165) is 15.0 Å². The molecule has 1 heterocycles. The van der Waals surface area contributed by atoms with E-state index in [9.17, 15) is 0 Å². The van der Waals surface area contributed by atoms with Crippen LogP contribution in [0, 0.1) is 0 Å². The van der Waals surface area contributed by atoms with Crippen molar-refractivity contribution in [3.63, 3.8) is 0 Å². The summed E-state index contributed by atoms with van der Waals surface area (Å²) in [7, 11) is 0. The third-order valence-corrected chi connectivity index (χ3v) is 1.90. The second kappa shape index (κ2) is 2.27. The fourth-order valence-electron chi connectivity index (χ4n) is 0.872. The van der Waals surface area contributed by atoms with Gasteiger partial charge in [-0.2, -0.15) is 0 Å². The molecule has 1 aromatic carbocycles. The summed E-state index contributed by atoms with van der Waals surface area (Å²) < 4.78 is 6.11. The molecule has 0 spiro atoms. The van der Waals surface area contributed by atoms with Crippen molar-refractivity contribution in [2.45, 2.75) is 0 Å². The monoisotopic (exact) mass is 238 g/mol. The van der Waals surface area contributed by atoms with Crippen LogP contribution < -0.4 is 3.91 Å². The Morgan fingerprint density at radius 3 is 2.90 bits per heavy atom. The van der Waals surface area contributed by atoms with Gasteiger partial charge in [0.2, 0.25) is 0 Å². The maximum absolute atomic E-state index is 5.30. The number of rotatable bonds is 0. The van der Waals surface area contributed by atoms with Crippen LogP contribution in [0.1, 0.15) is 0 Å². The maximum atomic E-state index is 5.30. The minimum absolute atomic E-state index is 0.813. The van der Waals surface area contributed by atoms with Crippen LogP contribution in [0.5, 0.6) is 0 Å². The fourth-order valence-corrected chi connectivity index (χ4v) is 1.53. The molecule has 0 aliphatic carbocycles. The molecular weight excluding hydrogens is 233 g/mol. The van der Waals surface area contributed by atoms with Crippen LogP contribution in [0.2, 0.25) is 0 Å². The van der Waals surface area contributed by atoms with Gasteiger partial charge >= 0.3 is 71.2 Å². The van der Waals surface area contributed by atoms with E-state index in [1.54, 1.807) is 0 Å². The zero-order valence-electron chi connectivity index (χ0n) is 5.16. The van der Waals surface area contributed by atoms with Gasteiger partial charge in [-0.1, -0.05) is 0 Å². The van der Waals surface area contributed by atoms with Crippen molar-refractivity contribution in [1.29, 1.82) is 0 Å². The molecular formula is C7H4NOSn. The predicted molar refractivity (Wildman–Crippen MR) is 39.4 cm³/mol. The van der Waals surface area contributed by atoms with Gasteiger partial charge in [-0.15, -0.1) is 0 Å². The zero-order chi connectivity index (χ0) is 6.97. The molecule has 0 aliphatic rings. The van der Waals surface area contributed by atoms with Crippen molar-refractivity contribution in [3.05, 3.63) is 24.3 Å². The molecule has 1 aromatic heterocycles. The van der Waals surface area contributed by atoms with Crippen LogP contribution in [-0.2, 0) is 0 Å². The van der Waals surface area contributed by atoms with E-state index in [-0.39, 0.29) is 0 Å². The van der Waals surface area contributed by atoms with E-state index in [1.165, 1.54) is 22.5 Å². The predicted octanol–water partition coefficient (Wildman–Crippen LogP) is 0.622. The van der Waals surface area contributed by atoms with E-state index in [4.69, 9.17) is 4.42 Å². The Kier molecular flexibility index (Phi) is 1.41. The molecule has 2 aromatic rings. The second-order valence-corrected chi connectivity index (χ2v) is 3.21. The molecule has 0 atom stereocenters. The van der Waals surface area contributed by atoms with Gasteiger partial charge < -0.3 is 0 Å². The summed E-state index contributed by atoms with van der Waals surface area (Å²) >= 11 is 1.22. The first-order valence-electron chi connectivity index (χ1n) is 2.93. The van der Waals surface area contributed by atoms with Gasteiger partial charge in [0.1, 0.15) is 0 Å². The van der Waals surface area contributed by atoms with Crippen LogP contribution in [0.4, 0.5) is 0 Å². The number of nitrogens with zero attached hydrogens (tertiary/aromatic N) is 1. The van der Waals surface area contributed by atoms with Gasteiger partial charge in [-0.25, -0.2) is 0 Å². The summed E-state index contributed by atoms with van der Waals surface area (Å²) in [4.78, 5) is 4.19. The molecule has 0 saturated heterocycles. The molecule has 2 nitrogen and oxygen atoms in total. The van der Waals surface area contributed by atoms with Gasteiger partial charge in [0.15, 0.2) is 0 Å². The molecule has 0 fully saturated rings. The quantitative estimate of drug-likeness (QED) is 0.627. The number of benzene rings is 1. The fraction of sp³-hybridized carbons (Fsp3) is 0. The summed E-state index contributed by atoms with van der Waals surface area (Å²) in [5.74, 6) is 0. The first kappa shape index (κ1) is 6.22. The van der Waals surface area contributed by atoms with Crippen molar-refractivity contribution in [1.82, 2.24) is 4.98 Å². The van der Waals surface area contributed by atoms with Gasteiger partial charge in [0.05, 0.1) is 0 Å². The Bertz CT molecular complexity index is 322. The summed E-state index contributed by atoms with van der Waals surface area (Å²) in [6, 6.07) is 7.78. The zero-order valence-corrected chi connectivity index (χ0v) is 8.02. The number of hydrogen-bond acceptors (Lipinski definition) is 2. The van der Waals surface area contributed by atoms with Crippen molar-refractivity contribution in [2.24, 2.45) is 0 Å². The van der Waals surface area contributed by atoms with Crippen LogP contribution in [-0.4, -0.2) is 27.5 Å². The molecule has 2 rings (SSSR count). The molecule has 0 N–H and O–H groups in total. The summed E-state index contributed by atoms with van der Waals surface area (Å²) in [6.07, 6.45) is 0. The van der Waals surface area contributed by atoms with Crippen molar-refractivity contribution in [3.8, 4) is 0 Å². The molecule has 0 unspecified atom stereocenters. The Morgan fingerprint density at radius 1 is 1.30 bits per heavy atom. The van der Waals surface area contributed by atoms with Crippen molar-refractivity contribution < 1.29 is 4.42 Å². The third-order valence-electron chi connectivity index (χ3n) is 1.29. The van der Waals surface area contributed by atoms with Crippen LogP contribution in [0.3, 0.4) is 0 Å². The Morgan fingerprint density at radius 2 is 2.10 bits per heavy atom. The molecule has 0 amide bonds. The third kappa shape index (κ3) is 0.922. The standard InChI is InChI=1S/C7H4NO.Sn/c1-2-4-7-6(3-1)8-5-9-7;/h1-4H;. The van der Waals surface area contributed by atoms with Crippen LogP contribution in [0.25, 0.3) is 11.1 Å². The number of para-hydroxylation sites is 2. The minimum atomic E-state index is 0.813. The van der Waals surface area contributed by atoms with E-state index < -0.39 is 0 Å². The van der Waals surface area contributed by atoms with E-state index >= 15 is 0 Å². The summed E-state index contributed by atoms with van der Waals surface area (Å²) in [5, 5.41) is 0. The van der Waals surface area contributed by atoms with Gasteiger partial charge in [0, 0.05) is 0 Å². The number of aromatic nitrogens is 1. The van der Waals surface area contributed by atoms with Gasteiger partial charge in [-0.3, -0.25) is 0 Å². The Hall–Kier alpha value is -0.511. The second-order valence-electron chi connectivity index (χ2n) is 1.99. The van der Waals surface area contributed by atoms with Crippen LogP contribution >= 0.6 is 0 Å². The molecule has 3 heteroatoms. The normalized spacial score (nSPS) is 10.5. The summed E-state index contributed by atoms with van der Waals surface area (Å²) in [6.45, 7) is 0. The number of fused-ring (bicyclic) bond motifs is 1. The first-order chi connectivity index (χ1) is 4.86. The van der Waals surface area contributed by atoms with E-state index in [0.29, 0.717) is 0 Å². The summed E-state index contributed by atoms with van der Waals surface area (Å²) in [5.41, 5.74) is 1.84. The molecule has 0 bridgehead atoms. The molecule has 0 aliphatic heterocycles. The van der Waals surface area contributed by atoms with Gasteiger partial charge in [0.25, 0.3) is 0 Å². The Balaban J connectivity index is 2.88. The molecule has 3 radical (unpaired) electrons. The molecule has 0 saturated carbocycles. The van der Waals surface area contributed by atoms with Crippen LogP contribution in [0.15, 0.2) is 28.7 Å². The number of oxazole rings is 1. The first-order valence-corrected chi connectivity index (χ1v) is 4.36. The number of hydrogen-bond donors (Lipinski definition) is 0. The molecule has 47 valence electrons. The average molecular weight is 237 g/mol. The SMILES string of the molecule is [Sn][c]1nc2ccccc2o1. The van der Waals surface area contributed by atoms with Crippen molar-refractivity contribution >= 4 is 37.5 Å². The molecule has 10 heavy (non-hydrogen) atoms. The van der Waals surface area contributed by atoms with E-state index in [2.05, 4.69) is 4.98 Å². The average Bonchev–Trinajstić information content (AvgIpc) is 2.27. The van der Waals surface area contributed by atoms with Crippen molar-refractivity contribution in [2.75, 3.05) is 0 Å². The van der Waals surface area contributed by atoms with Gasteiger partial charge in [-0.05, 0) is 0 Å². The topological polar surface area (TPSA) is 26.0 Å². The Labute approximate surface area is 71.3 Å².